The molecule has 2 rings (SSSR count). The van der Waals surface area contributed by atoms with Crippen molar-refractivity contribution in [1.82, 2.24) is 16.0 Å². The SMILES string of the molecule is Cc1cc(N2CCCNCCNCCCNCC2)ccc1C(=O)O.Cl. The van der Waals surface area contributed by atoms with Gasteiger partial charge in [-0.2, -0.15) is 0 Å². The third kappa shape index (κ3) is 7.61. The van der Waals surface area contributed by atoms with Gasteiger partial charge >= 0.3 is 5.97 Å². The lowest BCUT2D eigenvalue weighted by molar-refractivity contribution is 0.0696. The molecule has 0 radical (unpaired) electrons. The fourth-order valence-corrected chi connectivity index (χ4v) is 2.95. The van der Waals surface area contributed by atoms with Crippen LogP contribution in [0.2, 0.25) is 0 Å². The van der Waals surface area contributed by atoms with Gasteiger partial charge in [0.1, 0.15) is 0 Å². The minimum atomic E-state index is -0.862. The molecule has 0 bridgehead atoms. The Morgan fingerprint density at radius 3 is 2.24 bits per heavy atom. The Morgan fingerprint density at radius 1 is 0.960 bits per heavy atom. The van der Waals surface area contributed by atoms with Gasteiger partial charge in [0.15, 0.2) is 0 Å². The number of rotatable bonds is 2. The molecular weight excluding hydrogens is 340 g/mol. The minimum absolute atomic E-state index is 0. The van der Waals surface area contributed by atoms with E-state index in [9.17, 15) is 9.90 Å². The molecule has 4 N–H and O–H groups in total. The molecule has 142 valence electrons. The molecule has 0 atom stereocenters. The second-order valence-electron chi connectivity index (χ2n) is 6.25. The van der Waals surface area contributed by atoms with Crippen molar-refractivity contribution in [1.29, 1.82) is 0 Å². The first-order valence-electron chi connectivity index (χ1n) is 8.89. The Balaban J connectivity index is 0.00000312. The van der Waals surface area contributed by atoms with Gasteiger partial charge < -0.3 is 26.0 Å². The van der Waals surface area contributed by atoms with Crippen LogP contribution in [0.4, 0.5) is 5.69 Å². The van der Waals surface area contributed by atoms with Crippen LogP contribution in [0.5, 0.6) is 0 Å². The second kappa shape index (κ2) is 12.1. The maximum absolute atomic E-state index is 11.2. The lowest BCUT2D eigenvalue weighted by atomic mass is 10.1. The third-order valence-corrected chi connectivity index (χ3v) is 4.33. The number of hydrogen-bond donors (Lipinski definition) is 4. The normalized spacial score (nSPS) is 18.0. The number of carboxylic acids is 1. The highest BCUT2D eigenvalue weighted by molar-refractivity contribution is 5.89. The van der Waals surface area contributed by atoms with Gasteiger partial charge in [0.05, 0.1) is 5.56 Å². The molecule has 0 aromatic heterocycles. The van der Waals surface area contributed by atoms with Crippen LogP contribution >= 0.6 is 12.4 Å². The smallest absolute Gasteiger partial charge is 0.335 e. The van der Waals surface area contributed by atoms with Crippen molar-refractivity contribution < 1.29 is 9.90 Å². The molecule has 1 aromatic rings. The van der Waals surface area contributed by atoms with E-state index >= 15 is 0 Å². The average molecular weight is 371 g/mol. The summed E-state index contributed by atoms with van der Waals surface area (Å²) < 4.78 is 0. The van der Waals surface area contributed by atoms with Crippen LogP contribution in [0.3, 0.4) is 0 Å². The topological polar surface area (TPSA) is 76.6 Å². The first kappa shape index (κ1) is 21.7. The molecule has 7 heteroatoms. The molecule has 0 unspecified atom stereocenters. The summed E-state index contributed by atoms with van der Waals surface area (Å²) in [5.41, 5.74) is 2.30. The number of nitrogens with one attached hydrogen (secondary N) is 3. The molecule has 1 aliphatic rings. The lowest BCUT2D eigenvalue weighted by Gasteiger charge is -2.26. The molecule has 1 aromatic carbocycles. The summed E-state index contributed by atoms with van der Waals surface area (Å²) in [6, 6.07) is 5.64. The third-order valence-electron chi connectivity index (χ3n) is 4.33. The van der Waals surface area contributed by atoms with E-state index in [0.717, 1.165) is 76.5 Å². The zero-order chi connectivity index (χ0) is 17.2. The predicted octanol–water partition coefficient (Wildman–Crippen LogP) is 1.48. The quantitative estimate of drug-likeness (QED) is 0.632. The average Bonchev–Trinajstić information content (AvgIpc) is 2.56. The van der Waals surface area contributed by atoms with Gasteiger partial charge in [0.25, 0.3) is 0 Å². The van der Waals surface area contributed by atoms with E-state index in [4.69, 9.17) is 0 Å². The summed E-state index contributed by atoms with van der Waals surface area (Å²) in [6.45, 7) is 9.78. The fourth-order valence-electron chi connectivity index (χ4n) is 2.95. The van der Waals surface area contributed by atoms with Gasteiger partial charge in [-0.25, -0.2) is 4.79 Å². The highest BCUT2D eigenvalue weighted by Gasteiger charge is 2.11. The van der Waals surface area contributed by atoms with Crippen LogP contribution in [0.15, 0.2) is 18.2 Å². The summed E-state index contributed by atoms with van der Waals surface area (Å²) >= 11 is 0. The van der Waals surface area contributed by atoms with E-state index in [1.807, 2.05) is 19.1 Å². The maximum atomic E-state index is 11.2. The monoisotopic (exact) mass is 370 g/mol. The zero-order valence-corrected chi connectivity index (χ0v) is 15.8. The van der Waals surface area contributed by atoms with Gasteiger partial charge in [-0.1, -0.05) is 0 Å². The van der Waals surface area contributed by atoms with Gasteiger partial charge in [-0.15, -0.1) is 12.4 Å². The summed E-state index contributed by atoms with van der Waals surface area (Å²) in [7, 11) is 0. The number of halogens is 1. The van der Waals surface area contributed by atoms with Gasteiger partial charge in [-0.05, 0) is 63.2 Å². The van der Waals surface area contributed by atoms with Crippen molar-refractivity contribution >= 4 is 24.1 Å². The molecule has 1 fully saturated rings. The van der Waals surface area contributed by atoms with Crippen molar-refractivity contribution in [3.8, 4) is 0 Å². The van der Waals surface area contributed by atoms with Crippen molar-refractivity contribution in [2.24, 2.45) is 0 Å². The number of benzene rings is 1. The highest BCUT2D eigenvalue weighted by Crippen LogP contribution is 2.19. The van der Waals surface area contributed by atoms with E-state index in [-0.39, 0.29) is 12.4 Å². The Hall–Kier alpha value is -1.34. The molecule has 25 heavy (non-hydrogen) atoms. The fraction of sp³-hybridized carbons (Fsp3) is 0.611. The second-order valence-corrected chi connectivity index (χ2v) is 6.25. The van der Waals surface area contributed by atoms with Crippen LogP contribution in [0.1, 0.15) is 28.8 Å². The van der Waals surface area contributed by atoms with Crippen LogP contribution in [-0.2, 0) is 0 Å². The van der Waals surface area contributed by atoms with E-state index in [1.54, 1.807) is 6.07 Å². The largest absolute Gasteiger partial charge is 0.478 e. The molecule has 6 nitrogen and oxygen atoms in total. The number of carboxylic acid groups (broad SMARTS) is 1. The predicted molar refractivity (Wildman–Crippen MR) is 105 cm³/mol. The molecule has 0 saturated carbocycles. The van der Waals surface area contributed by atoms with E-state index in [1.165, 1.54) is 0 Å². The molecule has 1 saturated heterocycles. The van der Waals surface area contributed by atoms with Crippen molar-refractivity contribution in [2.75, 3.05) is 57.3 Å². The first-order valence-corrected chi connectivity index (χ1v) is 8.89. The van der Waals surface area contributed by atoms with E-state index < -0.39 is 5.97 Å². The van der Waals surface area contributed by atoms with Gasteiger partial charge in [-0.3, -0.25) is 0 Å². The Morgan fingerprint density at radius 2 is 1.60 bits per heavy atom. The van der Waals surface area contributed by atoms with Crippen LogP contribution in [0.25, 0.3) is 0 Å². The van der Waals surface area contributed by atoms with Crippen molar-refractivity contribution in [2.45, 2.75) is 19.8 Å². The number of aryl methyl sites for hydroxylation is 1. The number of hydrogen-bond acceptors (Lipinski definition) is 5. The molecule has 0 spiro atoms. The summed E-state index contributed by atoms with van der Waals surface area (Å²) in [5, 5.41) is 19.6. The highest BCUT2D eigenvalue weighted by atomic mass is 35.5. The summed E-state index contributed by atoms with van der Waals surface area (Å²) in [4.78, 5) is 13.5. The summed E-state index contributed by atoms with van der Waals surface area (Å²) in [6.07, 6.45) is 2.20. The van der Waals surface area contributed by atoms with E-state index in [0.29, 0.717) is 5.56 Å². The summed E-state index contributed by atoms with van der Waals surface area (Å²) in [5.74, 6) is -0.862. The van der Waals surface area contributed by atoms with E-state index in [2.05, 4.69) is 20.9 Å². The standard InChI is InChI=1S/C18H30N4O2.ClH/c1-15-14-16(4-5-17(15)18(23)24)22-12-3-8-20-10-9-19-6-2-7-21-11-13-22;/h4-5,14,19-21H,2-3,6-13H2,1H3,(H,23,24);1H. The number of aromatic carboxylic acids is 1. The first-order chi connectivity index (χ1) is 11.7. The lowest BCUT2D eigenvalue weighted by Crippen LogP contribution is -2.37. The Kier molecular flexibility index (Phi) is 10.5. The minimum Gasteiger partial charge on any atom is -0.478 e. The van der Waals surface area contributed by atoms with Crippen molar-refractivity contribution in [3.63, 3.8) is 0 Å². The molecule has 1 heterocycles. The molecule has 0 amide bonds. The molecule has 0 aliphatic carbocycles. The maximum Gasteiger partial charge on any atom is 0.335 e. The molecular formula is C18H31ClN4O2. The number of anilines is 1. The van der Waals surface area contributed by atoms with Crippen LogP contribution in [0, 0.1) is 6.92 Å². The van der Waals surface area contributed by atoms with Crippen LogP contribution < -0.4 is 20.9 Å². The number of nitrogens with zero attached hydrogens (tertiary/aromatic N) is 1. The van der Waals surface area contributed by atoms with Gasteiger partial charge in [0.2, 0.25) is 0 Å². The Bertz CT molecular complexity index is 514. The van der Waals surface area contributed by atoms with Crippen LogP contribution in [-0.4, -0.2) is 63.4 Å². The zero-order valence-electron chi connectivity index (χ0n) is 15.0. The number of carbonyl (C=O) groups is 1. The van der Waals surface area contributed by atoms with Gasteiger partial charge in [0, 0.05) is 38.4 Å². The van der Waals surface area contributed by atoms with Crippen molar-refractivity contribution in [3.05, 3.63) is 29.3 Å². The Labute approximate surface area is 156 Å². The molecule has 1 aliphatic heterocycles.